The van der Waals surface area contributed by atoms with E-state index in [1.165, 1.54) is 18.4 Å². The van der Waals surface area contributed by atoms with Gasteiger partial charge in [-0.3, -0.25) is 0 Å². The van der Waals surface area contributed by atoms with Crippen LogP contribution < -0.4 is 4.90 Å². The molecule has 0 aliphatic carbocycles. The van der Waals surface area contributed by atoms with Gasteiger partial charge in [0.15, 0.2) is 0 Å². The van der Waals surface area contributed by atoms with E-state index in [2.05, 4.69) is 35.0 Å². The van der Waals surface area contributed by atoms with Gasteiger partial charge in [0.2, 0.25) is 0 Å². The summed E-state index contributed by atoms with van der Waals surface area (Å²) in [6.07, 6.45) is 2.39. The second-order valence-corrected chi connectivity index (χ2v) is 4.86. The molecule has 0 unspecified atom stereocenters. The van der Waals surface area contributed by atoms with Crippen molar-refractivity contribution >= 4 is 16.7 Å². The van der Waals surface area contributed by atoms with Crippen LogP contribution in [-0.2, 0) is 0 Å². The van der Waals surface area contributed by atoms with E-state index in [1.54, 1.807) is 0 Å². The van der Waals surface area contributed by atoms with Crippen molar-refractivity contribution < 1.29 is 0 Å². The molecule has 0 radical (unpaired) electrons. The molecule has 0 N–H and O–H groups in total. The molecule has 0 atom stereocenters. The van der Waals surface area contributed by atoms with E-state index in [0.717, 1.165) is 29.8 Å². The SMILES string of the molecule is Cc1ccc2nc(N3CCCC3)c(C#N)cc2c1. The van der Waals surface area contributed by atoms with E-state index < -0.39 is 0 Å². The molecule has 0 bridgehead atoms. The van der Waals surface area contributed by atoms with Gasteiger partial charge in [-0.05, 0) is 38.0 Å². The summed E-state index contributed by atoms with van der Waals surface area (Å²) in [5.41, 5.74) is 2.86. The summed E-state index contributed by atoms with van der Waals surface area (Å²) in [6.45, 7) is 4.08. The molecule has 1 aromatic carbocycles. The smallest absolute Gasteiger partial charge is 0.147 e. The van der Waals surface area contributed by atoms with Gasteiger partial charge in [0.1, 0.15) is 11.9 Å². The van der Waals surface area contributed by atoms with Gasteiger partial charge in [-0.2, -0.15) is 5.26 Å². The Hall–Kier alpha value is -2.08. The van der Waals surface area contributed by atoms with Crippen LogP contribution in [0.25, 0.3) is 10.9 Å². The lowest BCUT2D eigenvalue weighted by atomic mass is 10.1. The lowest BCUT2D eigenvalue weighted by Crippen LogP contribution is -2.20. The zero-order valence-corrected chi connectivity index (χ0v) is 10.5. The van der Waals surface area contributed by atoms with Crippen LogP contribution in [0.3, 0.4) is 0 Å². The summed E-state index contributed by atoms with van der Waals surface area (Å²) in [7, 11) is 0. The average Bonchev–Trinajstić information content (AvgIpc) is 2.90. The third kappa shape index (κ3) is 1.80. The second kappa shape index (κ2) is 4.30. The third-order valence-electron chi connectivity index (χ3n) is 3.48. The Morgan fingerprint density at radius 3 is 2.72 bits per heavy atom. The number of fused-ring (bicyclic) bond motifs is 1. The van der Waals surface area contributed by atoms with E-state index in [-0.39, 0.29) is 0 Å². The Morgan fingerprint density at radius 1 is 1.22 bits per heavy atom. The summed E-state index contributed by atoms with van der Waals surface area (Å²) in [4.78, 5) is 6.89. The fourth-order valence-corrected chi connectivity index (χ4v) is 2.54. The number of hydrogen-bond acceptors (Lipinski definition) is 3. The van der Waals surface area contributed by atoms with Crippen LogP contribution in [0.5, 0.6) is 0 Å². The summed E-state index contributed by atoms with van der Waals surface area (Å²) in [5.74, 6) is 0.853. The molecular weight excluding hydrogens is 222 g/mol. The molecular formula is C15H15N3. The van der Waals surface area contributed by atoms with Crippen molar-refractivity contribution in [2.75, 3.05) is 18.0 Å². The van der Waals surface area contributed by atoms with Crippen LogP contribution in [0.4, 0.5) is 5.82 Å². The standard InChI is InChI=1S/C15H15N3/c1-11-4-5-14-12(8-11)9-13(10-16)15(17-14)18-6-2-3-7-18/h4-5,8-9H,2-3,6-7H2,1H3. The first kappa shape index (κ1) is 11.0. The summed E-state index contributed by atoms with van der Waals surface area (Å²) in [6, 6.07) is 10.4. The van der Waals surface area contributed by atoms with Gasteiger partial charge in [0, 0.05) is 18.5 Å². The maximum Gasteiger partial charge on any atom is 0.147 e. The normalized spacial score (nSPS) is 15.0. The lowest BCUT2D eigenvalue weighted by molar-refractivity contribution is 0.940. The van der Waals surface area contributed by atoms with Gasteiger partial charge in [-0.15, -0.1) is 0 Å². The number of pyridine rings is 1. The Kier molecular flexibility index (Phi) is 2.64. The predicted molar refractivity (Wildman–Crippen MR) is 72.6 cm³/mol. The Balaban J connectivity index is 2.18. The van der Waals surface area contributed by atoms with E-state index in [4.69, 9.17) is 0 Å². The molecule has 1 aromatic heterocycles. The van der Waals surface area contributed by atoms with Gasteiger partial charge in [-0.25, -0.2) is 4.98 Å². The summed E-state index contributed by atoms with van der Waals surface area (Å²) in [5, 5.41) is 10.3. The molecule has 3 nitrogen and oxygen atoms in total. The maximum absolute atomic E-state index is 9.29. The van der Waals surface area contributed by atoms with Crippen molar-refractivity contribution in [1.29, 1.82) is 5.26 Å². The van der Waals surface area contributed by atoms with Crippen LogP contribution >= 0.6 is 0 Å². The molecule has 0 saturated carbocycles. The van der Waals surface area contributed by atoms with Gasteiger partial charge >= 0.3 is 0 Å². The molecule has 90 valence electrons. The molecule has 2 aromatic rings. The largest absolute Gasteiger partial charge is 0.356 e. The van der Waals surface area contributed by atoms with E-state index in [1.807, 2.05) is 12.1 Å². The predicted octanol–water partition coefficient (Wildman–Crippen LogP) is 3.02. The highest BCUT2D eigenvalue weighted by atomic mass is 15.2. The molecule has 1 aliphatic heterocycles. The minimum Gasteiger partial charge on any atom is -0.356 e. The number of anilines is 1. The second-order valence-electron chi connectivity index (χ2n) is 4.86. The average molecular weight is 237 g/mol. The number of nitriles is 1. The van der Waals surface area contributed by atoms with Gasteiger partial charge in [-0.1, -0.05) is 11.6 Å². The third-order valence-corrected chi connectivity index (χ3v) is 3.48. The first-order chi connectivity index (χ1) is 8.78. The topological polar surface area (TPSA) is 39.9 Å². The van der Waals surface area contributed by atoms with Gasteiger partial charge in [0.25, 0.3) is 0 Å². The number of hydrogen-bond donors (Lipinski definition) is 0. The highest BCUT2D eigenvalue weighted by Crippen LogP contribution is 2.26. The first-order valence-corrected chi connectivity index (χ1v) is 6.34. The summed E-state index contributed by atoms with van der Waals surface area (Å²) < 4.78 is 0. The Bertz CT molecular complexity index is 634. The van der Waals surface area contributed by atoms with Gasteiger partial charge in [0.05, 0.1) is 11.1 Å². The molecule has 3 rings (SSSR count). The molecule has 1 aliphatic rings. The number of aryl methyl sites for hydroxylation is 1. The van der Waals surface area contributed by atoms with Crippen LogP contribution in [0.2, 0.25) is 0 Å². The van der Waals surface area contributed by atoms with E-state index in [0.29, 0.717) is 5.56 Å². The zero-order valence-electron chi connectivity index (χ0n) is 10.5. The summed E-state index contributed by atoms with van der Waals surface area (Å²) >= 11 is 0. The Labute approximate surface area is 107 Å². The minimum absolute atomic E-state index is 0.690. The number of rotatable bonds is 1. The van der Waals surface area contributed by atoms with E-state index in [9.17, 15) is 5.26 Å². The minimum atomic E-state index is 0.690. The van der Waals surface area contributed by atoms with Crippen LogP contribution in [-0.4, -0.2) is 18.1 Å². The molecule has 1 saturated heterocycles. The van der Waals surface area contributed by atoms with Crippen molar-refractivity contribution in [3.8, 4) is 6.07 Å². The van der Waals surface area contributed by atoms with Crippen LogP contribution in [0, 0.1) is 18.3 Å². The van der Waals surface area contributed by atoms with Crippen molar-refractivity contribution in [2.24, 2.45) is 0 Å². The van der Waals surface area contributed by atoms with Crippen molar-refractivity contribution in [3.63, 3.8) is 0 Å². The quantitative estimate of drug-likeness (QED) is 0.765. The van der Waals surface area contributed by atoms with E-state index >= 15 is 0 Å². The van der Waals surface area contributed by atoms with Gasteiger partial charge < -0.3 is 4.90 Å². The zero-order chi connectivity index (χ0) is 12.5. The van der Waals surface area contributed by atoms with Crippen LogP contribution in [0.15, 0.2) is 24.3 Å². The van der Waals surface area contributed by atoms with Crippen molar-refractivity contribution in [3.05, 3.63) is 35.4 Å². The highest BCUT2D eigenvalue weighted by molar-refractivity contribution is 5.83. The Morgan fingerprint density at radius 2 is 2.00 bits per heavy atom. The number of benzene rings is 1. The fourth-order valence-electron chi connectivity index (χ4n) is 2.54. The molecule has 0 amide bonds. The number of aromatic nitrogens is 1. The highest BCUT2D eigenvalue weighted by Gasteiger charge is 2.17. The molecule has 0 spiro atoms. The monoisotopic (exact) mass is 237 g/mol. The molecule has 1 fully saturated rings. The maximum atomic E-state index is 9.29. The molecule has 2 heterocycles. The lowest BCUT2D eigenvalue weighted by Gasteiger charge is -2.18. The van der Waals surface area contributed by atoms with Crippen molar-refractivity contribution in [2.45, 2.75) is 19.8 Å². The van der Waals surface area contributed by atoms with Crippen LogP contribution in [0.1, 0.15) is 24.0 Å². The number of nitrogens with zero attached hydrogens (tertiary/aromatic N) is 3. The first-order valence-electron chi connectivity index (χ1n) is 6.34. The van der Waals surface area contributed by atoms with Crippen molar-refractivity contribution in [1.82, 2.24) is 4.98 Å². The fraction of sp³-hybridized carbons (Fsp3) is 0.333. The molecule has 18 heavy (non-hydrogen) atoms. The molecule has 3 heteroatoms.